The van der Waals surface area contributed by atoms with Crippen LogP contribution in [0.5, 0.6) is 0 Å². The summed E-state index contributed by atoms with van der Waals surface area (Å²) in [6.07, 6.45) is 14.4. The van der Waals surface area contributed by atoms with Crippen molar-refractivity contribution in [1.82, 2.24) is 0 Å². The molecule has 0 aromatic rings. The number of hydrogen-bond donors (Lipinski definition) is 1. The smallest absolute Gasteiger partial charge is 0.183 e. The molecule has 0 aromatic carbocycles. The van der Waals surface area contributed by atoms with Crippen molar-refractivity contribution in [2.24, 2.45) is 5.92 Å². The minimum absolute atomic E-state index is 0.250. The van der Waals surface area contributed by atoms with Crippen LogP contribution in [0.25, 0.3) is 0 Å². The summed E-state index contributed by atoms with van der Waals surface area (Å²) in [6.45, 7) is 9.57. The standard InChI is InChI=1S/C19H35O2/c1-4-7-8-9-10-11-12-13-15-17(14-5-2)16-19(21)18(20)6-3/h6,17,19,21H,2-5,7-16H2,1H3. The Morgan fingerprint density at radius 2 is 1.62 bits per heavy atom. The molecule has 2 atom stereocenters. The van der Waals surface area contributed by atoms with Crippen LogP contribution in [0.15, 0.2) is 12.7 Å². The molecule has 0 fully saturated rings. The number of carbonyl (C=O) groups excluding carboxylic acids is 1. The quantitative estimate of drug-likeness (QED) is 0.331. The first-order valence-corrected chi connectivity index (χ1v) is 8.79. The van der Waals surface area contributed by atoms with Gasteiger partial charge in [0.15, 0.2) is 5.78 Å². The van der Waals surface area contributed by atoms with Crippen molar-refractivity contribution in [3.8, 4) is 0 Å². The number of carbonyl (C=O) groups is 1. The van der Waals surface area contributed by atoms with E-state index in [0.717, 1.165) is 19.3 Å². The van der Waals surface area contributed by atoms with Crippen LogP contribution in [0.3, 0.4) is 0 Å². The summed E-state index contributed by atoms with van der Waals surface area (Å²) in [4.78, 5) is 11.4. The fourth-order valence-electron chi connectivity index (χ4n) is 2.80. The van der Waals surface area contributed by atoms with Gasteiger partial charge in [-0.15, -0.1) is 0 Å². The van der Waals surface area contributed by atoms with Crippen molar-refractivity contribution in [3.05, 3.63) is 19.6 Å². The highest BCUT2D eigenvalue weighted by molar-refractivity contribution is 5.92. The Kier molecular flexibility index (Phi) is 13.9. The van der Waals surface area contributed by atoms with E-state index in [0.29, 0.717) is 12.3 Å². The lowest BCUT2D eigenvalue weighted by Gasteiger charge is -2.18. The van der Waals surface area contributed by atoms with E-state index in [4.69, 9.17) is 0 Å². The Labute approximate surface area is 132 Å². The van der Waals surface area contributed by atoms with Gasteiger partial charge < -0.3 is 5.11 Å². The van der Waals surface area contributed by atoms with Crippen molar-refractivity contribution in [2.45, 2.75) is 90.1 Å². The molecule has 0 spiro atoms. The number of aliphatic hydroxyl groups is 1. The Balaban J connectivity index is 3.74. The third kappa shape index (κ3) is 11.7. The maximum atomic E-state index is 11.4. The fraction of sp³-hybridized carbons (Fsp3) is 0.789. The van der Waals surface area contributed by atoms with Gasteiger partial charge in [-0.25, -0.2) is 0 Å². The van der Waals surface area contributed by atoms with Crippen molar-refractivity contribution in [2.75, 3.05) is 0 Å². The lowest BCUT2D eigenvalue weighted by Crippen LogP contribution is -2.22. The van der Waals surface area contributed by atoms with E-state index in [9.17, 15) is 9.90 Å². The maximum Gasteiger partial charge on any atom is 0.183 e. The lowest BCUT2D eigenvalue weighted by molar-refractivity contribution is -0.123. The molecule has 21 heavy (non-hydrogen) atoms. The summed E-state index contributed by atoms with van der Waals surface area (Å²) in [7, 11) is 0. The number of ketones is 1. The zero-order valence-corrected chi connectivity index (χ0v) is 14.0. The third-order valence-corrected chi connectivity index (χ3v) is 4.16. The van der Waals surface area contributed by atoms with Gasteiger partial charge in [-0.1, -0.05) is 91.1 Å². The first-order chi connectivity index (χ1) is 10.2. The highest BCUT2D eigenvalue weighted by atomic mass is 16.3. The highest BCUT2D eigenvalue weighted by Crippen LogP contribution is 2.22. The fourth-order valence-corrected chi connectivity index (χ4v) is 2.80. The maximum absolute atomic E-state index is 11.4. The van der Waals surface area contributed by atoms with E-state index >= 15 is 0 Å². The van der Waals surface area contributed by atoms with E-state index in [-0.39, 0.29) is 5.78 Å². The molecule has 0 heterocycles. The van der Waals surface area contributed by atoms with Gasteiger partial charge in [0.1, 0.15) is 6.10 Å². The second-order valence-electron chi connectivity index (χ2n) is 6.13. The molecule has 1 radical (unpaired) electrons. The average molecular weight is 295 g/mol. The lowest BCUT2D eigenvalue weighted by atomic mass is 9.89. The van der Waals surface area contributed by atoms with Gasteiger partial charge in [-0.3, -0.25) is 4.79 Å². The Morgan fingerprint density at radius 1 is 1.05 bits per heavy atom. The first-order valence-electron chi connectivity index (χ1n) is 8.79. The van der Waals surface area contributed by atoms with Crippen LogP contribution in [0.1, 0.15) is 84.0 Å². The molecular weight excluding hydrogens is 260 g/mol. The molecule has 0 aliphatic carbocycles. The summed E-state index contributed by atoms with van der Waals surface area (Å²) >= 11 is 0. The number of rotatable bonds is 15. The molecule has 0 aromatic heterocycles. The number of aliphatic hydroxyl groups excluding tert-OH is 1. The van der Waals surface area contributed by atoms with Crippen LogP contribution in [-0.2, 0) is 4.79 Å². The van der Waals surface area contributed by atoms with Gasteiger partial charge in [0.25, 0.3) is 0 Å². The molecular formula is C19H35O2. The van der Waals surface area contributed by atoms with Crippen LogP contribution >= 0.6 is 0 Å². The highest BCUT2D eigenvalue weighted by Gasteiger charge is 2.17. The van der Waals surface area contributed by atoms with E-state index in [1.54, 1.807) is 0 Å². The molecule has 0 saturated carbocycles. The van der Waals surface area contributed by atoms with Gasteiger partial charge in [0, 0.05) is 0 Å². The van der Waals surface area contributed by atoms with Crippen LogP contribution in [0.2, 0.25) is 0 Å². The second-order valence-corrected chi connectivity index (χ2v) is 6.13. The summed E-state index contributed by atoms with van der Waals surface area (Å²) < 4.78 is 0. The van der Waals surface area contributed by atoms with Crippen molar-refractivity contribution in [3.63, 3.8) is 0 Å². The summed E-state index contributed by atoms with van der Waals surface area (Å²) in [5, 5.41) is 9.80. The molecule has 2 unspecified atom stereocenters. The Morgan fingerprint density at radius 3 is 2.14 bits per heavy atom. The molecule has 0 rings (SSSR count). The van der Waals surface area contributed by atoms with Gasteiger partial charge in [-0.05, 0) is 18.4 Å². The molecule has 0 amide bonds. The molecule has 0 aliphatic heterocycles. The largest absolute Gasteiger partial charge is 0.385 e. The summed E-state index contributed by atoms with van der Waals surface area (Å²) in [5.74, 6) is 0.168. The van der Waals surface area contributed by atoms with Gasteiger partial charge in [-0.2, -0.15) is 0 Å². The zero-order chi connectivity index (χ0) is 15.9. The Bertz CT molecular complexity index is 260. The molecule has 0 bridgehead atoms. The predicted octanol–water partition coefficient (Wildman–Crippen LogP) is 5.25. The molecule has 0 aliphatic rings. The van der Waals surface area contributed by atoms with E-state index in [1.807, 2.05) is 0 Å². The Hall–Kier alpha value is -0.630. The number of unbranched alkanes of at least 4 members (excludes halogenated alkanes) is 7. The SMILES string of the molecule is [CH2]CCC(CCCCCCCCCC)CC(O)C(=O)C=C. The van der Waals surface area contributed by atoms with Gasteiger partial charge >= 0.3 is 0 Å². The van der Waals surface area contributed by atoms with Crippen LogP contribution < -0.4 is 0 Å². The van der Waals surface area contributed by atoms with Crippen LogP contribution in [0.4, 0.5) is 0 Å². The predicted molar refractivity (Wildman–Crippen MR) is 91.1 cm³/mol. The molecule has 2 nitrogen and oxygen atoms in total. The van der Waals surface area contributed by atoms with E-state index < -0.39 is 6.10 Å². The summed E-state index contributed by atoms with van der Waals surface area (Å²) in [5.41, 5.74) is 0. The average Bonchev–Trinajstić information content (AvgIpc) is 2.49. The molecule has 2 heteroatoms. The minimum atomic E-state index is -0.868. The van der Waals surface area contributed by atoms with Crippen molar-refractivity contribution < 1.29 is 9.90 Å². The topological polar surface area (TPSA) is 37.3 Å². The van der Waals surface area contributed by atoms with E-state index in [2.05, 4.69) is 20.4 Å². The minimum Gasteiger partial charge on any atom is -0.385 e. The summed E-state index contributed by atoms with van der Waals surface area (Å²) in [6, 6.07) is 0. The van der Waals surface area contributed by atoms with Gasteiger partial charge in [0.05, 0.1) is 0 Å². The zero-order valence-electron chi connectivity index (χ0n) is 14.0. The van der Waals surface area contributed by atoms with Crippen LogP contribution in [0, 0.1) is 12.8 Å². The molecule has 0 saturated heterocycles. The third-order valence-electron chi connectivity index (χ3n) is 4.16. The first kappa shape index (κ1) is 20.4. The molecule has 1 N–H and O–H groups in total. The normalized spacial score (nSPS) is 13.9. The van der Waals surface area contributed by atoms with E-state index in [1.165, 1.54) is 57.4 Å². The molecule has 123 valence electrons. The van der Waals surface area contributed by atoms with Crippen molar-refractivity contribution in [1.29, 1.82) is 0 Å². The second kappa shape index (κ2) is 14.3. The number of hydrogen-bond acceptors (Lipinski definition) is 2. The van der Waals surface area contributed by atoms with Crippen LogP contribution in [-0.4, -0.2) is 17.0 Å². The monoisotopic (exact) mass is 295 g/mol. The van der Waals surface area contributed by atoms with Gasteiger partial charge in [0.2, 0.25) is 0 Å². The van der Waals surface area contributed by atoms with Crippen molar-refractivity contribution >= 4 is 5.78 Å².